The van der Waals surface area contributed by atoms with E-state index in [4.69, 9.17) is 28.2 Å². The van der Waals surface area contributed by atoms with Crippen molar-refractivity contribution in [2.45, 2.75) is 37.2 Å². The van der Waals surface area contributed by atoms with Crippen LogP contribution in [0.15, 0.2) is 89.1 Å². The van der Waals surface area contributed by atoms with Gasteiger partial charge in [-0.15, -0.1) is 0 Å². The first-order valence-corrected chi connectivity index (χ1v) is 13.8. The molecule has 0 spiro atoms. The Balaban J connectivity index is 1.16. The third-order valence-electron chi connectivity index (χ3n) is 7.87. The van der Waals surface area contributed by atoms with Crippen LogP contribution in [0.25, 0.3) is 11.1 Å². The average Bonchev–Trinajstić information content (AvgIpc) is 3.77. The Morgan fingerprint density at radius 2 is 1.76 bits per heavy atom. The summed E-state index contributed by atoms with van der Waals surface area (Å²) in [6.45, 7) is 1.62. The number of amides is 1. The van der Waals surface area contributed by atoms with Crippen LogP contribution < -0.4 is 5.32 Å². The van der Waals surface area contributed by atoms with Crippen LogP contribution in [0.1, 0.15) is 42.9 Å². The van der Waals surface area contributed by atoms with Crippen molar-refractivity contribution in [1.82, 2.24) is 10.2 Å². The van der Waals surface area contributed by atoms with Crippen molar-refractivity contribution in [1.29, 1.82) is 0 Å². The minimum Gasteiger partial charge on any atom is -0.378 e. The molecule has 1 unspecified atom stereocenters. The molecule has 194 valence electrons. The van der Waals surface area contributed by atoms with E-state index in [-0.39, 0.29) is 11.3 Å². The molecule has 5 nitrogen and oxygen atoms in total. The number of halogens is 2. The predicted octanol–water partition coefficient (Wildman–Crippen LogP) is 6.30. The molecule has 3 aromatic carbocycles. The molecule has 0 saturated heterocycles. The predicted molar refractivity (Wildman–Crippen MR) is 152 cm³/mol. The molecule has 3 aliphatic rings. The van der Waals surface area contributed by atoms with Crippen LogP contribution in [-0.4, -0.2) is 41.4 Å². The average molecular weight is 546 g/mol. The summed E-state index contributed by atoms with van der Waals surface area (Å²) in [7, 11) is 0. The highest BCUT2D eigenvalue weighted by atomic mass is 35.5. The Bertz CT molecular complexity index is 1440. The van der Waals surface area contributed by atoms with E-state index in [2.05, 4.69) is 11.4 Å². The summed E-state index contributed by atoms with van der Waals surface area (Å²) in [6, 6.07) is 23.1. The van der Waals surface area contributed by atoms with Crippen molar-refractivity contribution in [3.05, 3.63) is 105 Å². The number of allylic oxidation sites excluding steroid dienone is 1. The number of aliphatic hydroxyl groups excluding tert-OH is 1. The standard InChI is InChI=1S/C31H29Cl2N3O2/c32-25-11-9-20(10-12-25)21-4-1-5-22(16-21)28(37)29(38)36-15-3-8-27-23(19-36)18-34-30(35-27)31(13-14-31)24-6-2-7-26(33)17-24/h1-2,4-7,9-12,16-17,28,37H,3,8,13-15,18-19H2,(H,34,35). The van der Waals surface area contributed by atoms with Crippen molar-refractivity contribution in [2.24, 2.45) is 4.99 Å². The highest BCUT2D eigenvalue weighted by Crippen LogP contribution is 2.50. The summed E-state index contributed by atoms with van der Waals surface area (Å²) < 4.78 is 0. The SMILES string of the molecule is O=C(C(O)c1cccc(-c2ccc(Cl)cc2)c1)N1CCCC2=C(CN=C(C3(c4cccc(Cl)c4)CC3)N2)C1. The molecule has 0 bridgehead atoms. The Morgan fingerprint density at radius 1 is 0.974 bits per heavy atom. The summed E-state index contributed by atoms with van der Waals surface area (Å²) in [5.74, 6) is 0.733. The third-order valence-corrected chi connectivity index (χ3v) is 8.35. The Hall–Kier alpha value is -3.12. The topological polar surface area (TPSA) is 64.9 Å². The van der Waals surface area contributed by atoms with E-state index in [1.54, 1.807) is 11.0 Å². The Morgan fingerprint density at radius 3 is 2.53 bits per heavy atom. The van der Waals surface area contributed by atoms with Crippen LogP contribution in [0.2, 0.25) is 10.0 Å². The van der Waals surface area contributed by atoms with Gasteiger partial charge in [-0.1, -0.05) is 65.7 Å². The van der Waals surface area contributed by atoms with Crippen molar-refractivity contribution in [3.8, 4) is 11.1 Å². The maximum atomic E-state index is 13.4. The van der Waals surface area contributed by atoms with Crippen molar-refractivity contribution in [3.63, 3.8) is 0 Å². The molecule has 0 aromatic heterocycles. The van der Waals surface area contributed by atoms with E-state index in [1.165, 1.54) is 5.56 Å². The van der Waals surface area contributed by atoms with Gasteiger partial charge >= 0.3 is 0 Å². The van der Waals surface area contributed by atoms with Crippen LogP contribution in [0.4, 0.5) is 0 Å². The molecule has 2 heterocycles. The van der Waals surface area contributed by atoms with E-state index in [0.717, 1.165) is 58.9 Å². The van der Waals surface area contributed by atoms with Gasteiger partial charge in [0.1, 0.15) is 5.84 Å². The highest BCUT2D eigenvalue weighted by Gasteiger charge is 2.50. The number of nitrogens with zero attached hydrogens (tertiary/aromatic N) is 2. The molecule has 1 atom stereocenters. The van der Waals surface area contributed by atoms with E-state index in [9.17, 15) is 9.90 Å². The fraction of sp³-hybridized carbons (Fsp3) is 0.290. The number of aliphatic imine (C=N–C) groups is 1. The van der Waals surface area contributed by atoms with Crippen molar-refractivity contribution >= 4 is 34.9 Å². The lowest BCUT2D eigenvalue weighted by molar-refractivity contribution is -0.140. The number of hydrogen-bond acceptors (Lipinski definition) is 4. The van der Waals surface area contributed by atoms with E-state index < -0.39 is 6.10 Å². The first-order chi connectivity index (χ1) is 18.4. The van der Waals surface area contributed by atoms with Gasteiger partial charge in [-0.25, -0.2) is 0 Å². The zero-order valence-electron chi connectivity index (χ0n) is 21.0. The number of carbonyl (C=O) groups is 1. The molecule has 7 heteroatoms. The van der Waals surface area contributed by atoms with Gasteiger partial charge in [0.25, 0.3) is 5.91 Å². The quantitative estimate of drug-likeness (QED) is 0.395. The van der Waals surface area contributed by atoms with Gasteiger partial charge in [0.15, 0.2) is 6.10 Å². The summed E-state index contributed by atoms with van der Waals surface area (Å²) >= 11 is 12.3. The second kappa shape index (κ2) is 10.2. The Labute approximate surface area is 232 Å². The maximum Gasteiger partial charge on any atom is 0.256 e. The second-order valence-corrected chi connectivity index (χ2v) is 11.2. The smallest absolute Gasteiger partial charge is 0.256 e. The van der Waals surface area contributed by atoms with Gasteiger partial charge < -0.3 is 15.3 Å². The summed E-state index contributed by atoms with van der Waals surface area (Å²) in [5, 5.41) is 16.1. The minimum atomic E-state index is -1.22. The molecule has 2 N–H and O–H groups in total. The molecule has 2 aliphatic heterocycles. The van der Waals surface area contributed by atoms with E-state index in [1.807, 2.05) is 60.7 Å². The fourth-order valence-electron chi connectivity index (χ4n) is 5.56. The monoisotopic (exact) mass is 545 g/mol. The number of amidine groups is 1. The number of aliphatic hydroxyl groups is 1. The maximum absolute atomic E-state index is 13.4. The number of hydrogen-bond donors (Lipinski definition) is 2. The van der Waals surface area contributed by atoms with E-state index >= 15 is 0 Å². The molecular formula is C31H29Cl2N3O2. The molecule has 1 aliphatic carbocycles. The van der Waals surface area contributed by atoms with Gasteiger partial charge in [0.2, 0.25) is 0 Å². The van der Waals surface area contributed by atoms with Gasteiger partial charge in [0, 0.05) is 28.8 Å². The highest BCUT2D eigenvalue weighted by molar-refractivity contribution is 6.31. The Kier molecular flexibility index (Phi) is 6.77. The van der Waals surface area contributed by atoms with E-state index in [0.29, 0.717) is 30.2 Å². The number of nitrogens with one attached hydrogen (secondary N) is 1. The zero-order chi connectivity index (χ0) is 26.3. The van der Waals surface area contributed by atoms with Gasteiger partial charge in [-0.2, -0.15) is 0 Å². The molecule has 6 rings (SSSR count). The van der Waals surface area contributed by atoms with Crippen LogP contribution in [-0.2, 0) is 10.2 Å². The lowest BCUT2D eigenvalue weighted by Crippen LogP contribution is -2.40. The molecule has 1 amide bonds. The number of carbonyl (C=O) groups excluding carboxylic acids is 1. The lowest BCUT2D eigenvalue weighted by Gasteiger charge is -2.28. The summed E-state index contributed by atoms with van der Waals surface area (Å²) in [4.78, 5) is 20.1. The first kappa shape index (κ1) is 25.2. The second-order valence-electron chi connectivity index (χ2n) is 10.4. The van der Waals surface area contributed by atoms with Crippen LogP contribution in [0, 0.1) is 0 Å². The van der Waals surface area contributed by atoms with Crippen molar-refractivity contribution in [2.75, 3.05) is 19.6 Å². The molecule has 3 aromatic rings. The van der Waals surface area contributed by atoms with Gasteiger partial charge in [-0.3, -0.25) is 9.79 Å². The van der Waals surface area contributed by atoms with Crippen LogP contribution in [0.5, 0.6) is 0 Å². The molecule has 0 radical (unpaired) electrons. The van der Waals surface area contributed by atoms with Crippen LogP contribution in [0.3, 0.4) is 0 Å². The first-order valence-electron chi connectivity index (χ1n) is 13.0. The molecule has 38 heavy (non-hydrogen) atoms. The third kappa shape index (κ3) is 4.86. The zero-order valence-corrected chi connectivity index (χ0v) is 22.5. The van der Waals surface area contributed by atoms with Gasteiger partial charge in [0.05, 0.1) is 12.0 Å². The molecular weight excluding hydrogens is 517 g/mol. The molecule has 1 fully saturated rings. The minimum absolute atomic E-state index is 0.0868. The number of benzene rings is 3. The largest absolute Gasteiger partial charge is 0.378 e. The van der Waals surface area contributed by atoms with Crippen molar-refractivity contribution < 1.29 is 9.90 Å². The lowest BCUT2D eigenvalue weighted by atomic mass is 9.93. The normalized spacial score (nSPS) is 19.1. The molecule has 1 saturated carbocycles. The fourth-order valence-corrected chi connectivity index (χ4v) is 5.88. The number of rotatable bonds is 5. The van der Waals surface area contributed by atoms with Crippen LogP contribution >= 0.6 is 23.2 Å². The summed E-state index contributed by atoms with van der Waals surface area (Å²) in [6.07, 6.45) is 2.55. The summed E-state index contributed by atoms with van der Waals surface area (Å²) in [5.41, 5.74) is 5.89. The van der Waals surface area contributed by atoms with Gasteiger partial charge in [-0.05, 0) is 83.8 Å².